The van der Waals surface area contributed by atoms with Crippen LogP contribution >= 0.6 is 0 Å². The van der Waals surface area contributed by atoms with Gasteiger partial charge in [-0.1, -0.05) is 0 Å². The van der Waals surface area contributed by atoms with E-state index in [9.17, 15) is 14.4 Å². The zero-order valence-electron chi connectivity index (χ0n) is 16.0. The fourth-order valence-corrected chi connectivity index (χ4v) is 2.44. The SMILES string of the molecule is CCOC(=O)c1cnn2cc(C#N)cnc12.NC(=O)c1cnc2c(C(=O)O)cnn2c1. The van der Waals surface area contributed by atoms with Crippen LogP contribution in [-0.4, -0.2) is 58.8 Å². The topological polar surface area (TPSA) is 191 Å². The Morgan fingerprint density at radius 2 is 1.68 bits per heavy atom. The molecule has 1 amide bonds. The second-order valence-corrected chi connectivity index (χ2v) is 5.84. The second kappa shape index (κ2) is 8.66. The van der Waals surface area contributed by atoms with E-state index in [-0.39, 0.29) is 16.8 Å². The number of aromatic nitrogens is 6. The van der Waals surface area contributed by atoms with Crippen molar-refractivity contribution in [1.82, 2.24) is 29.2 Å². The van der Waals surface area contributed by atoms with Gasteiger partial charge in [0.05, 0.1) is 36.3 Å². The van der Waals surface area contributed by atoms with Crippen molar-refractivity contribution >= 4 is 29.1 Å². The van der Waals surface area contributed by atoms with Crippen LogP contribution in [0.1, 0.15) is 43.6 Å². The van der Waals surface area contributed by atoms with Gasteiger partial charge in [0.25, 0.3) is 5.91 Å². The number of ether oxygens (including phenoxy) is 1. The molecule has 0 unspecified atom stereocenters. The molecule has 0 aliphatic rings. The molecule has 4 aromatic heterocycles. The minimum atomic E-state index is -1.12. The number of carbonyl (C=O) groups is 3. The predicted molar refractivity (Wildman–Crippen MR) is 102 cm³/mol. The van der Waals surface area contributed by atoms with E-state index in [1.54, 1.807) is 6.92 Å². The van der Waals surface area contributed by atoms with E-state index in [4.69, 9.17) is 20.8 Å². The molecule has 0 spiro atoms. The van der Waals surface area contributed by atoms with Crippen LogP contribution in [0, 0.1) is 11.3 Å². The van der Waals surface area contributed by atoms with Gasteiger partial charge in [-0.3, -0.25) is 4.79 Å². The lowest BCUT2D eigenvalue weighted by Crippen LogP contribution is -2.12. The number of carboxylic acids is 1. The van der Waals surface area contributed by atoms with Gasteiger partial charge in [0.15, 0.2) is 11.3 Å². The van der Waals surface area contributed by atoms with Crippen LogP contribution in [-0.2, 0) is 4.74 Å². The summed E-state index contributed by atoms with van der Waals surface area (Å²) < 4.78 is 7.43. The molecule has 0 radical (unpaired) electrons. The highest BCUT2D eigenvalue weighted by molar-refractivity contribution is 5.96. The van der Waals surface area contributed by atoms with Crippen molar-refractivity contribution in [2.45, 2.75) is 6.92 Å². The summed E-state index contributed by atoms with van der Waals surface area (Å²) in [6.45, 7) is 2.03. The molecule has 13 nitrogen and oxygen atoms in total. The summed E-state index contributed by atoms with van der Waals surface area (Å²) in [6.07, 6.45) is 7.98. The maximum Gasteiger partial charge on any atom is 0.343 e. The smallest absolute Gasteiger partial charge is 0.343 e. The molecule has 0 aliphatic heterocycles. The molecule has 3 N–H and O–H groups in total. The van der Waals surface area contributed by atoms with Crippen molar-refractivity contribution in [3.63, 3.8) is 0 Å². The van der Waals surface area contributed by atoms with Crippen molar-refractivity contribution in [1.29, 1.82) is 5.26 Å². The number of nitriles is 1. The molecular weight excluding hydrogens is 408 g/mol. The van der Waals surface area contributed by atoms with E-state index in [0.29, 0.717) is 23.4 Å². The summed E-state index contributed by atoms with van der Waals surface area (Å²) in [7, 11) is 0. The number of nitrogens with zero attached hydrogens (tertiary/aromatic N) is 7. The summed E-state index contributed by atoms with van der Waals surface area (Å²) in [5, 5.41) is 25.1. The lowest BCUT2D eigenvalue weighted by atomic mass is 10.3. The van der Waals surface area contributed by atoms with Crippen LogP contribution in [0.5, 0.6) is 0 Å². The number of rotatable bonds is 4. The minimum absolute atomic E-state index is 0.0222. The van der Waals surface area contributed by atoms with Gasteiger partial charge in [-0.25, -0.2) is 28.6 Å². The van der Waals surface area contributed by atoms with Gasteiger partial charge >= 0.3 is 11.9 Å². The molecule has 156 valence electrons. The van der Waals surface area contributed by atoms with Crippen LogP contribution < -0.4 is 5.73 Å². The number of hydrogen-bond acceptors (Lipinski definition) is 9. The highest BCUT2D eigenvalue weighted by Crippen LogP contribution is 2.10. The molecule has 13 heteroatoms. The number of primary amides is 1. The highest BCUT2D eigenvalue weighted by atomic mass is 16.5. The standard InChI is InChI=1S/C10H8N4O2.C8H6N4O3/c1-2-16-10(15)8-5-13-14-6-7(3-11)4-12-9(8)14;9-6(13)4-1-10-7-5(8(14)15)2-11-12(7)3-4/h4-6H,2H2,1H3;1-3H,(H2,9,13)(H,14,15). The van der Waals surface area contributed by atoms with Crippen LogP contribution in [0.15, 0.2) is 37.2 Å². The van der Waals surface area contributed by atoms with Gasteiger partial charge in [-0.15, -0.1) is 0 Å². The second-order valence-electron chi connectivity index (χ2n) is 5.84. The molecule has 0 atom stereocenters. The fraction of sp³-hybridized carbons (Fsp3) is 0.111. The third-order valence-electron chi connectivity index (χ3n) is 3.85. The van der Waals surface area contributed by atoms with Crippen molar-refractivity contribution in [3.05, 3.63) is 59.4 Å². The summed E-state index contributed by atoms with van der Waals surface area (Å²) in [4.78, 5) is 40.8. The van der Waals surface area contributed by atoms with E-state index < -0.39 is 17.8 Å². The first-order valence-electron chi connectivity index (χ1n) is 8.62. The van der Waals surface area contributed by atoms with Gasteiger partial charge in [-0.2, -0.15) is 15.5 Å². The molecule has 0 aromatic carbocycles. The lowest BCUT2D eigenvalue weighted by Gasteiger charge is -1.98. The molecule has 0 aliphatic carbocycles. The van der Waals surface area contributed by atoms with Crippen molar-refractivity contribution < 1.29 is 24.2 Å². The van der Waals surface area contributed by atoms with Gasteiger partial charge in [0.2, 0.25) is 0 Å². The first-order chi connectivity index (χ1) is 14.8. The molecule has 0 saturated carbocycles. The Morgan fingerprint density at radius 3 is 2.29 bits per heavy atom. The predicted octanol–water partition coefficient (Wildman–Crippen LogP) is 0.304. The number of hydrogen-bond donors (Lipinski definition) is 2. The molecular formula is C18H14N8O5. The molecule has 31 heavy (non-hydrogen) atoms. The fourth-order valence-electron chi connectivity index (χ4n) is 2.44. The summed E-state index contributed by atoms with van der Waals surface area (Å²) in [6, 6.07) is 1.94. The Bertz CT molecular complexity index is 1350. The quantitative estimate of drug-likeness (QED) is 0.432. The third-order valence-corrected chi connectivity index (χ3v) is 3.85. The average molecular weight is 422 g/mol. The number of carbonyl (C=O) groups excluding carboxylic acids is 2. The monoisotopic (exact) mass is 422 g/mol. The molecule has 0 saturated heterocycles. The normalized spacial score (nSPS) is 10.2. The zero-order valence-corrected chi connectivity index (χ0v) is 16.0. The highest BCUT2D eigenvalue weighted by Gasteiger charge is 2.15. The summed E-state index contributed by atoms with van der Waals surface area (Å²) in [5.41, 5.74) is 6.42. The van der Waals surface area contributed by atoms with E-state index in [1.807, 2.05) is 6.07 Å². The molecule has 4 heterocycles. The van der Waals surface area contributed by atoms with Crippen molar-refractivity contribution in [2.75, 3.05) is 6.61 Å². The summed E-state index contributed by atoms with van der Waals surface area (Å²) in [5.74, 6) is -2.23. The average Bonchev–Trinajstić information content (AvgIpc) is 3.37. The number of fused-ring (bicyclic) bond motifs is 2. The van der Waals surface area contributed by atoms with Gasteiger partial charge in [0, 0.05) is 18.6 Å². The van der Waals surface area contributed by atoms with Crippen molar-refractivity contribution in [3.8, 4) is 6.07 Å². The third kappa shape index (κ3) is 4.27. The van der Waals surface area contributed by atoms with Crippen LogP contribution in [0.25, 0.3) is 11.3 Å². The number of nitrogens with two attached hydrogens (primary N) is 1. The Balaban J connectivity index is 0.000000176. The number of aromatic carboxylic acids is 1. The number of carboxylic acid groups (broad SMARTS) is 1. The Kier molecular flexibility index (Phi) is 5.83. The number of esters is 1. The van der Waals surface area contributed by atoms with E-state index >= 15 is 0 Å². The Labute approximate surface area is 173 Å². The first kappa shape index (κ1) is 20.9. The Hall–Kier alpha value is -4.86. The molecule has 0 bridgehead atoms. The minimum Gasteiger partial charge on any atom is -0.477 e. The zero-order chi connectivity index (χ0) is 22.5. The Morgan fingerprint density at radius 1 is 1.06 bits per heavy atom. The molecule has 4 aromatic rings. The van der Waals surface area contributed by atoms with Gasteiger partial charge in [-0.05, 0) is 6.92 Å². The summed E-state index contributed by atoms with van der Waals surface area (Å²) >= 11 is 0. The van der Waals surface area contributed by atoms with Gasteiger partial charge in [0.1, 0.15) is 17.2 Å². The largest absolute Gasteiger partial charge is 0.477 e. The maximum absolute atomic E-state index is 11.5. The van der Waals surface area contributed by atoms with E-state index in [2.05, 4.69) is 20.2 Å². The van der Waals surface area contributed by atoms with E-state index in [1.165, 1.54) is 40.0 Å². The maximum atomic E-state index is 11.5. The first-order valence-corrected chi connectivity index (χ1v) is 8.62. The number of amides is 1. The molecule has 4 rings (SSSR count). The van der Waals surface area contributed by atoms with Crippen LogP contribution in [0.4, 0.5) is 0 Å². The molecule has 0 fully saturated rings. The lowest BCUT2D eigenvalue weighted by molar-refractivity contribution is 0.0527. The van der Waals surface area contributed by atoms with E-state index in [0.717, 1.165) is 6.20 Å². The van der Waals surface area contributed by atoms with Crippen LogP contribution in [0.3, 0.4) is 0 Å². The van der Waals surface area contributed by atoms with Crippen molar-refractivity contribution in [2.24, 2.45) is 5.73 Å². The van der Waals surface area contributed by atoms with Crippen LogP contribution in [0.2, 0.25) is 0 Å². The van der Waals surface area contributed by atoms with Gasteiger partial charge < -0.3 is 15.6 Å².